The lowest BCUT2D eigenvalue weighted by atomic mass is 9.90. The van der Waals surface area contributed by atoms with Gasteiger partial charge in [-0.25, -0.2) is 9.37 Å². The smallest absolute Gasteiger partial charge is 0.256 e. The van der Waals surface area contributed by atoms with Gasteiger partial charge in [0.2, 0.25) is 0 Å². The van der Waals surface area contributed by atoms with E-state index in [2.05, 4.69) is 10.1 Å². The molecule has 0 radical (unpaired) electrons. The molecule has 164 valence electrons. The molecule has 7 heteroatoms. The molecule has 0 N–H and O–H groups in total. The van der Waals surface area contributed by atoms with E-state index >= 15 is 0 Å². The average molecular weight is 425 g/mol. The third-order valence-corrected chi connectivity index (χ3v) is 6.95. The molecule has 6 nitrogen and oxygen atoms in total. The molecule has 3 aromatic rings. The lowest BCUT2D eigenvalue weighted by molar-refractivity contribution is 0.366. The molecule has 5 rings (SSSR count). The molecule has 0 aliphatic carbocycles. The third kappa shape index (κ3) is 3.98. The highest BCUT2D eigenvalue weighted by Crippen LogP contribution is 2.31. The van der Waals surface area contributed by atoms with Crippen molar-refractivity contribution in [2.75, 3.05) is 18.0 Å². The van der Waals surface area contributed by atoms with Gasteiger partial charge in [0.15, 0.2) is 11.4 Å². The van der Waals surface area contributed by atoms with Crippen LogP contribution in [0.25, 0.3) is 11.0 Å². The van der Waals surface area contributed by atoms with E-state index in [1.807, 2.05) is 11.5 Å². The topological polar surface area (TPSA) is 64.2 Å². The molecule has 0 amide bonds. The van der Waals surface area contributed by atoms with Crippen LogP contribution in [0.15, 0.2) is 27.5 Å². The molecule has 0 bridgehead atoms. The number of aromatic nitrogens is 3. The van der Waals surface area contributed by atoms with Gasteiger partial charge in [0.1, 0.15) is 11.6 Å². The second-order valence-corrected chi connectivity index (χ2v) is 8.98. The van der Waals surface area contributed by atoms with Crippen molar-refractivity contribution in [2.45, 2.75) is 64.8 Å². The van der Waals surface area contributed by atoms with Gasteiger partial charge in [0.25, 0.3) is 5.56 Å². The van der Waals surface area contributed by atoms with Gasteiger partial charge in [-0.2, -0.15) is 0 Å². The first-order valence-electron chi connectivity index (χ1n) is 11.5. The van der Waals surface area contributed by atoms with E-state index in [9.17, 15) is 9.18 Å². The zero-order valence-electron chi connectivity index (χ0n) is 18.1. The largest absolute Gasteiger partial charge is 0.354 e. The summed E-state index contributed by atoms with van der Waals surface area (Å²) >= 11 is 0. The summed E-state index contributed by atoms with van der Waals surface area (Å²) in [6, 6.07) is 4.59. The number of hydrogen-bond donors (Lipinski definition) is 0. The number of rotatable bonds is 5. The normalized spacial score (nSPS) is 17.3. The lowest BCUT2D eigenvalue weighted by Gasteiger charge is -2.32. The monoisotopic (exact) mass is 424 g/mol. The maximum absolute atomic E-state index is 13.4. The van der Waals surface area contributed by atoms with Gasteiger partial charge < -0.3 is 9.42 Å². The molecule has 0 unspecified atom stereocenters. The Morgan fingerprint density at radius 1 is 1.19 bits per heavy atom. The first-order chi connectivity index (χ1) is 15.1. The zero-order chi connectivity index (χ0) is 21.4. The van der Waals surface area contributed by atoms with Crippen LogP contribution in [0.5, 0.6) is 0 Å². The van der Waals surface area contributed by atoms with Crippen LogP contribution in [0.1, 0.15) is 55.6 Å². The van der Waals surface area contributed by atoms with Gasteiger partial charge in [-0.3, -0.25) is 9.36 Å². The van der Waals surface area contributed by atoms with Crippen LogP contribution < -0.4 is 10.5 Å². The summed E-state index contributed by atoms with van der Waals surface area (Å²) in [5.41, 5.74) is 2.51. The first kappa shape index (κ1) is 20.2. The fourth-order valence-electron chi connectivity index (χ4n) is 5.15. The van der Waals surface area contributed by atoms with Gasteiger partial charge in [-0.1, -0.05) is 5.16 Å². The van der Waals surface area contributed by atoms with Crippen LogP contribution in [0.3, 0.4) is 0 Å². The van der Waals surface area contributed by atoms with Crippen molar-refractivity contribution >= 4 is 16.8 Å². The van der Waals surface area contributed by atoms with Crippen molar-refractivity contribution in [1.82, 2.24) is 14.7 Å². The van der Waals surface area contributed by atoms with E-state index in [1.54, 1.807) is 6.07 Å². The second kappa shape index (κ2) is 8.44. The van der Waals surface area contributed by atoms with Gasteiger partial charge in [-0.15, -0.1) is 0 Å². The summed E-state index contributed by atoms with van der Waals surface area (Å²) in [6.45, 7) is 4.65. The molecule has 31 heavy (non-hydrogen) atoms. The van der Waals surface area contributed by atoms with E-state index in [1.165, 1.54) is 12.1 Å². The Hall–Kier alpha value is -2.70. The van der Waals surface area contributed by atoms with Gasteiger partial charge >= 0.3 is 0 Å². The molecule has 0 saturated carbocycles. The quantitative estimate of drug-likeness (QED) is 0.607. The van der Waals surface area contributed by atoms with Gasteiger partial charge in [0, 0.05) is 43.4 Å². The molecule has 0 spiro atoms. The second-order valence-electron chi connectivity index (χ2n) is 8.98. The van der Waals surface area contributed by atoms with E-state index in [0.29, 0.717) is 11.5 Å². The van der Waals surface area contributed by atoms with Crippen molar-refractivity contribution in [3.63, 3.8) is 0 Å². The van der Waals surface area contributed by atoms with Crippen LogP contribution >= 0.6 is 0 Å². The van der Waals surface area contributed by atoms with Crippen LogP contribution in [-0.2, 0) is 19.4 Å². The Morgan fingerprint density at radius 2 is 2.03 bits per heavy atom. The Morgan fingerprint density at radius 3 is 2.87 bits per heavy atom. The molecule has 2 aromatic heterocycles. The number of benzene rings is 1. The number of hydrogen-bond acceptors (Lipinski definition) is 5. The summed E-state index contributed by atoms with van der Waals surface area (Å²) in [6.07, 6.45) is 8.28. The summed E-state index contributed by atoms with van der Waals surface area (Å²) in [5.74, 6) is 2.13. The zero-order valence-corrected chi connectivity index (χ0v) is 18.1. The van der Waals surface area contributed by atoms with E-state index in [4.69, 9.17) is 9.51 Å². The number of aryl methyl sites for hydroxylation is 2. The van der Waals surface area contributed by atoms with Crippen LogP contribution in [0, 0.1) is 18.7 Å². The summed E-state index contributed by atoms with van der Waals surface area (Å²) in [7, 11) is 0. The maximum Gasteiger partial charge on any atom is 0.256 e. The maximum atomic E-state index is 13.4. The van der Waals surface area contributed by atoms with Crippen molar-refractivity contribution < 1.29 is 8.91 Å². The summed E-state index contributed by atoms with van der Waals surface area (Å²) < 4.78 is 20.6. The van der Waals surface area contributed by atoms with Crippen LogP contribution in [-0.4, -0.2) is 27.8 Å². The Kier molecular flexibility index (Phi) is 5.50. The van der Waals surface area contributed by atoms with E-state index in [-0.39, 0.29) is 11.4 Å². The van der Waals surface area contributed by atoms with E-state index in [0.717, 1.165) is 99.3 Å². The van der Waals surface area contributed by atoms with Crippen LogP contribution in [0.4, 0.5) is 10.2 Å². The predicted molar refractivity (Wildman–Crippen MR) is 118 cm³/mol. The highest BCUT2D eigenvalue weighted by atomic mass is 19.1. The summed E-state index contributed by atoms with van der Waals surface area (Å²) in [5, 5.41) is 5.05. The number of anilines is 1. The first-order valence-corrected chi connectivity index (χ1v) is 11.5. The Balaban J connectivity index is 1.17. The highest BCUT2D eigenvalue weighted by Gasteiger charge is 2.24. The predicted octanol–water partition coefficient (Wildman–Crippen LogP) is 4.41. The molecular formula is C24H29FN4O2. The average Bonchev–Trinajstić information content (AvgIpc) is 3.19. The summed E-state index contributed by atoms with van der Waals surface area (Å²) in [4.78, 5) is 19.9. The SMILES string of the molecule is Cc1nc2n(c(=O)c1CCCC1CCN(c3noc4cc(F)ccc34)CC1)CCCC2. The molecule has 0 atom stereocenters. The minimum atomic E-state index is -0.307. The Labute approximate surface area is 181 Å². The minimum absolute atomic E-state index is 0.186. The Bertz CT molecular complexity index is 1140. The molecule has 4 heterocycles. The number of halogens is 1. The lowest BCUT2D eigenvalue weighted by Crippen LogP contribution is -2.34. The third-order valence-electron chi connectivity index (χ3n) is 6.95. The van der Waals surface area contributed by atoms with Gasteiger partial charge in [0.05, 0.1) is 5.39 Å². The number of nitrogens with zero attached hydrogens (tertiary/aromatic N) is 4. The minimum Gasteiger partial charge on any atom is -0.354 e. The van der Waals surface area contributed by atoms with Crippen molar-refractivity contribution in [3.8, 4) is 0 Å². The van der Waals surface area contributed by atoms with Gasteiger partial charge in [-0.05, 0) is 69.9 Å². The fourth-order valence-corrected chi connectivity index (χ4v) is 5.15. The molecule has 1 fully saturated rings. The molecular weight excluding hydrogens is 395 g/mol. The fraction of sp³-hybridized carbons (Fsp3) is 0.542. The van der Waals surface area contributed by atoms with E-state index < -0.39 is 0 Å². The number of piperidine rings is 1. The van der Waals surface area contributed by atoms with Crippen molar-refractivity contribution in [3.05, 3.63) is 51.5 Å². The molecule has 1 aromatic carbocycles. The highest BCUT2D eigenvalue weighted by molar-refractivity contribution is 5.88. The molecule has 2 aliphatic rings. The molecule has 1 saturated heterocycles. The van der Waals surface area contributed by atoms with Crippen molar-refractivity contribution in [1.29, 1.82) is 0 Å². The number of fused-ring (bicyclic) bond motifs is 2. The standard InChI is InChI=1S/C24H29FN4O2/c1-16-19(24(30)29-12-3-2-7-22(29)26-16)6-4-5-17-10-13-28(14-11-17)23-20-9-8-18(25)15-21(20)31-27-23/h8-9,15,17H,2-7,10-14H2,1H3. The van der Waals surface area contributed by atoms with Crippen molar-refractivity contribution in [2.24, 2.45) is 5.92 Å². The molecule has 2 aliphatic heterocycles. The van der Waals surface area contributed by atoms with Crippen LogP contribution in [0.2, 0.25) is 0 Å².